The molecule has 1 aromatic carbocycles. The van der Waals surface area contributed by atoms with Crippen molar-refractivity contribution in [3.05, 3.63) is 35.3 Å². The van der Waals surface area contributed by atoms with E-state index in [1.165, 1.54) is 11.3 Å². The molecule has 0 saturated carbocycles. The Bertz CT molecular complexity index is 815. The van der Waals surface area contributed by atoms with Gasteiger partial charge in [0.2, 0.25) is 10.0 Å². The Morgan fingerprint density at radius 3 is 2.88 bits per heavy atom. The number of aromatic nitrogens is 1. The Labute approximate surface area is 147 Å². The second kappa shape index (κ2) is 6.92. The van der Waals surface area contributed by atoms with Crippen LogP contribution in [0.15, 0.2) is 34.5 Å². The number of rotatable bonds is 4. The number of thiazole rings is 1. The molecule has 0 aliphatic carbocycles. The molecular formula is C17H23N3O2S2. The van der Waals surface area contributed by atoms with Crippen LogP contribution in [0.5, 0.6) is 0 Å². The Morgan fingerprint density at radius 1 is 1.42 bits per heavy atom. The zero-order chi connectivity index (χ0) is 17.3. The van der Waals surface area contributed by atoms with Gasteiger partial charge in [-0.2, -0.15) is 4.31 Å². The number of aryl methyl sites for hydroxylation is 1. The van der Waals surface area contributed by atoms with Gasteiger partial charge in [0.15, 0.2) is 0 Å². The lowest BCUT2D eigenvalue weighted by Crippen LogP contribution is -2.44. The van der Waals surface area contributed by atoms with Crippen LogP contribution < -0.4 is 5.73 Å². The van der Waals surface area contributed by atoms with E-state index in [1.54, 1.807) is 22.5 Å². The van der Waals surface area contributed by atoms with Crippen molar-refractivity contribution in [3.63, 3.8) is 0 Å². The minimum absolute atomic E-state index is 0.00706. The van der Waals surface area contributed by atoms with Crippen molar-refractivity contribution in [1.82, 2.24) is 9.29 Å². The molecule has 5 nitrogen and oxygen atoms in total. The third-order valence-corrected chi connectivity index (χ3v) is 7.37. The molecule has 1 fully saturated rings. The second-order valence-corrected chi connectivity index (χ2v) is 9.24. The SMILES string of the molecule is Cc1csc(-c2cccc(S(=O)(=O)N3CCCC(C(C)N)C3)c2)n1. The van der Waals surface area contributed by atoms with Gasteiger partial charge in [0.05, 0.1) is 4.90 Å². The summed E-state index contributed by atoms with van der Waals surface area (Å²) in [6, 6.07) is 7.08. The van der Waals surface area contributed by atoms with E-state index in [9.17, 15) is 8.42 Å². The number of nitrogens with zero attached hydrogens (tertiary/aromatic N) is 2. The zero-order valence-corrected chi connectivity index (χ0v) is 15.6. The van der Waals surface area contributed by atoms with Crippen LogP contribution >= 0.6 is 11.3 Å². The molecule has 0 bridgehead atoms. The van der Waals surface area contributed by atoms with Crippen molar-refractivity contribution in [2.75, 3.05) is 13.1 Å². The third kappa shape index (κ3) is 3.54. The predicted molar refractivity (Wildman–Crippen MR) is 97.4 cm³/mol. The number of benzene rings is 1. The summed E-state index contributed by atoms with van der Waals surface area (Å²) in [5.41, 5.74) is 7.77. The summed E-state index contributed by atoms with van der Waals surface area (Å²) in [4.78, 5) is 4.78. The van der Waals surface area contributed by atoms with Crippen molar-refractivity contribution >= 4 is 21.4 Å². The molecule has 1 aliphatic heterocycles. The minimum atomic E-state index is -3.50. The predicted octanol–water partition coefficient (Wildman–Crippen LogP) is 2.87. The summed E-state index contributed by atoms with van der Waals surface area (Å²) in [5, 5.41) is 2.81. The molecule has 0 radical (unpaired) electrons. The maximum atomic E-state index is 13.0. The maximum Gasteiger partial charge on any atom is 0.243 e. The molecule has 7 heteroatoms. The average molecular weight is 366 g/mol. The van der Waals surface area contributed by atoms with Crippen LogP contribution in [-0.2, 0) is 10.0 Å². The van der Waals surface area contributed by atoms with Gasteiger partial charge in [-0.25, -0.2) is 13.4 Å². The van der Waals surface area contributed by atoms with Crippen LogP contribution in [0.1, 0.15) is 25.5 Å². The van der Waals surface area contributed by atoms with Crippen LogP contribution in [0.25, 0.3) is 10.6 Å². The zero-order valence-electron chi connectivity index (χ0n) is 14.0. The Balaban J connectivity index is 1.90. The number of hydrogen-bond acceptors (Lipinski definition) is 5. The normalized spacial score (nSPS) is 20.9. The first-order valence-corrected chi connectivity index (χ1v) is 10.5. The molecule has 2 atom stereocenters. The van der Waals surface area contributed by atoms with E-state index >= 15 is 0 Å². The molecule has 2 unspecified atom stereocenters. The fourth-order valence-electron chi connectivity index (χ4n) is 3.05. The highest BCUT2D eigenvalue weighted by Gasteiger charge is 2.31. The van der Waals surface area contributed by atoms with Gasteiger partial charge in [0.1, 0.15) is 5.01 Å². The van der Waals surface area contributed by atoms with Crippen LogP contribution in [0.2, 0.25) is 0 Å². The molecule has 0 spiro atoms. The second-order valence-electron chi connectivity index (χ2n) is 6.45. The Kier molecular flexibility index (Phi) is 5.05. The molecule has 2 aromatic rings. The van der Waals surface area contributed by atoms with Crippen LogP contribution in [0, 0.1) is 12.8 Å². The van der Waals surface area contributed by atoms with E-state index in [0.717, 1.165) is 29.1 Å². The molecule has 2 N–H and O–H groups in total. The lowest BCUT2D eigenvalue weighted by molar-refractivity contribution is 0.243. The van der Waals surface area contributed by atoms with Crippen molar-refractivity contribution in [1.29, 1.82) is 0 Å². The van der Waals surface area contributed by atoms with Gasteiger partial charge in [-0.1, -0.05) is 12.1 Å². The molecule has 130 valence electrons. The monoisotopic (exact) mass is 365 g/mol. The highest BCUT2D eigenvalue weighted by atomic mass is 32.2. The summed E-state index contributed by atoms with van der Waals surface area (Å²) in [6.07, 6.45) is 1.85. The minimum Gasteiger partial charge on any atom is -0.328 e. The van der Waals surface area contributed by atoms with Crippen LogP contribution in [0.4, 0.5) is 0 Å². The van der Waals surface area contributed by atoms with Crippen molar-refractivity contribution < 1.29 is 8.42 Å². The fraction of sp³-hybridized carbons (Fsp3) is 0.471. The first-order chi connectivity index (χ1) is 11.4. The lowest BCUT2D eigenvalue weighted by Gasteiger charge is -2.33. The van der Waals surface area contributed by atoms with Gasteiger partial charge in [-0.05, 0) is 44.7 Å². The first-order valence-electron chi connectivity index (χ1n) is 8.16. The number of nitrogens with two attached hydrogens (primary N) is 1. The maximum absolute atomic E-state index is 13.0. The molecule has 0 amide bonds. The van der Waals surface area contributed by atoms with Crippen molar-refractivity contribution in [2.24, 2.45) is 11.7 Å². The van der Waals surface area contributed by atoms with Gasteiger partial charge < -0.3 is 5.73 Å². The summed E-state index contributed by atoms with van der Waals surface area (Å²) >= 11 is 1.53. The topological polar surface area (TPSA) is 76.3 Å². The largest absolute Gasteiger partial charge is 0.328 e. The Morgan fingerprint density at radius 2 is 2.21 bits per heavy atom. The van der Waals surface area contributed by atoms with Crippen LogP contribution in [0.3, 0.4) is 0 Å². The molecule has 3 rings (SSSR count). The standard InChI is InChI=1S/C17H23N3O2S2/c1-12-11-23-17(19-12)14-5-3-7-16(9-14)24(21,22)20-8-4-6-15(10-20)13(2)18/h3,5,7,9,11,13,15H,4,6,8,10,18H2,1-2H3. The van der Waals surface area contributed by atoms with E-state index in [4.69, 9.17) is 5.73 Å². The average Bonchev–Trinajstić information content (AvgIpc) is 3.01. The van der Waals surface area contributed by atoms with Gasteiger partial charge in [-0.15, -0.1) is 11.3 Å². The smallest absolute Gasteiger partial charge is 0.243 e. The first kappa shape index (κ1) is 17.5. The van der Waals surface area contributed by atoms with Crippen molar-refractivity contribution in [3.8, 4) is 10.6 Å². The highest BCUT2D eigenvalue weighted by molar-refractivity contribution is 7.89. The lowest BCUT2D eigenvalue weighted by atomic mass is 9.93. The fourth-order valence-corrected chi connectivity index (χ4v) is 5.42. The van der Waals surface area contributed by atoms with E-state index in [-0.39, 0.29) is 12.0 Å². The highest BCUT2D eigenvalue weighted by Crippen LogP contribution is 2.29. The number of piperidine rings is 1. The molecular weight excluding hydrogens is 342 g/mol. The van der Waals surface area contributed by atoms with Crippen molar-refractivity contribution in [2.45, 2.75) is 37.6 Å². The van der Waals surface area contributed by atoms with E-state index < -0.39 is 10.0 Å². The van der Waals surface area contributed by atoms with Gasteiger partial charge in [-0.3, -0.25) is 0 Å². The summed E-state index contributed by atoms with van der Waals surface area (Å²) < 4.78 is 27.6. The number of sulfonamides is 1. The quantitative estimate of drug-likeness (QED) is 0.904. The molecule has 1 saturated heterocycles. The van der Waals surface area contributed by atoms with Gasteiger partial charge in [0.25, 0.3) is 0 Å². The molecule has 1 aliphatic rings. The van der Waals surface area contributed by atoms with E-state index in [0.29, 0.717) is 18.0 Å². The summed E-state index contributed by atoms with van der Waals surface area (Å²) in [5.74, 6) is 0.221. The summed E-state index contributed by atoms with van der Waals surface area (Å²) in [7, 11) is -3.50. The molecule has 2 heterocycles. The number of hydrogen-bond donors (Lipinski definition) is 1. The Hall–Kier alpha value is -1.28. The van der Waals surface area contributed by atoms with Gasteiger partial charge >= 0.3 is 0 Å². The molecule has 1 aromatic heterocycles. The third-order valence-electron chi connectivity index (χ3n) is 4.50. The molecule has 24 heavy (non-hydrogen) atoms. The summed E-state index contributed by atoms with van der Waals surface area (Å²) in [6.45, 7) is 4.95. The van der Waals surface area contributed by atoms with E-state index in [2.05, 4.69) is 4.98 Å². The van der Waals surface area contributed by atoms with E-state index in [1.807, 2.05) is 25.3 Å². The van der Waals surface area contributed by atoms with Crippen LogP contribution in [-0.4, -0.2) is 36.8 Å². The van der Waals surface area contributed by atoms with Gasteiger partial charge in [0, 0.05) is 35.8 Å².